The lowest BCUT2D eigenvalue weighted by atomic mass is 10.2. The maximum Gasteiger partial charge on any atom is 0.275 e. The molecule has 0 radical (unpaired) electrons. The Hall–Kier alpha value is -2.58. The molecule has 3 aromatic heterocycles. The van der Waals surface area contributed by atoms with Gasteiger partial charge in [0.05, 0.1) is 0 Å². The number of hydrogen-bond donors (Lipinski definition) is 1. The highest BCUT2D eigenvalue weighted by atomic mass is 32.1. The van der Waals surface area contributed by atoms with E-state index in [0.717, 1.165) is 22.0 Å². The molecular weight excluding hydrogens is 330 g/mol. The number of aromatic nitrogens is 4. The van der Waals surface area contributed by atoms with Crippen LogP contribution in [0.3, 0.4) is 0 Å². The van der Waals surface area contributed by atoms with E-state index in [4.69, 9.17) is 0 Å². The molecule has 3 heterocycles. The Labute approximate surface area is 139 Å². The summed E-state index contributed by atoms with van der Waals surface area (Å²) >= 11 is 2.94. The predicted molar refractivity (Wildman–Crippen MR) is 92.7 cm³/mol. The largest absolute Gasteiger partial charge is 0.330 e. The Balaban J connectivity index is 1.68. The third-order valence-corrected chi connectivity index (χ3v) is 5.00. The highest BCUT2D eigenvalue weighted by Crippen LogP contribution is 2.28. The van der Waals surface area contributed by atoms with Crippen molar-refractivity contribution < 1.29 is 0 Å². The number of aryl methyl sites for hydroxylation is 1. The Morgan fingerprint density at radius 2 is 2.17 bits per heavy atom. The van der Waals surface area contributed by atoms with Crippen molar-refractivity contribution in [3.63, 3.8) is 0 Å². The Morgan fingerprint density at radius 3 is 2.96 bits per heavy atom. The fourth-order valence-corrected chi connectivity index (χ4v) is 3.72. The van der Waals surface area contributed by atoms with Crippen molar-refractivity contribution >= 4 is 38.5 Å². The van der Waals surface area contributed by atoms with Crippen molar-refractivity contribution in [2.75, 3.05) is 5.32 Å². The third-order valence-electron chi connectivity index (χ3n) is 3.15. The van der Waals surface area contributed by atoms with Gasteiger partial charge >= 0.3 is 0 Å². The van der Waals surface area contributed by atoms with Crippen LogP contribution in [0.4, 0.5) is 10.8 Å². The van der Waals surface area contributed by atoms with Gasteiger partial charge in [0.2, 0.25) is 10.1 Å². The summed E-state index contributed by atoms with van der Waals surface area (Å²) in [6, 6.07) is 9.34. The minimum Gasteiger partial charge on any atom is -0.330 e. The van der Waals surface area contributed by atoms with E-state index < -0.39 is 0 Å². The smallest absolute Gasteiger partial charge is 0.275 e. The average Bonchev–Trinajstić information content (AvgIpc) is 3.14. The SMILES string of the molecule is Cc1csc(-c2cccc(Nc3nn4c(=O)ccnc4s3)c2)n1. The van der Waals surface area contributed by atoms with Crippen LogP contribution in [0.25, 0.3) is 15.5 Å². The van der Waals surface area contributed by atoms with Crippen LogP contribution in [-0.2, 0) is 0 Å². The van der Waals surface area contributed by atoms with Gasteiger partial charge in [0.1, 0.15) is 5.01 Å². The molecule has 114 valence electrons. The molecular formula is C15H11N5OS2. The van der Waals surface area contributed by atoms with Crippen LogP contribution < -0.4 is 10.9 Å². The molecule has 0 amide bonds. The van der Waals surface area contributed by atoms with Crippen molar-refractivity contribution in [2.45, 2.75) is 6.92 Å². The number of hydrogen-bond acceptors (Lipinski definition) is 7. The standard InChI is InChI=1S/C15H11N5OS2/c1-9-8-22-13(17-9)10-3-2-4-11(7-10)18-14-19-20-12(21)5-6-16-15(20)23-14/h2-8H,1H3,(H,18,19). The molecule has 0 spiro atoms. The van der Waals surface area contributed by atoms with E-state index in [1.54, 1.807) is 11.3 Å². The fraction of sp³-hybridized carbons (Fsp3) is 0.0667. The van der Waals surface area contributed by atoms with E-state index in [9.17, 15) is 4.79 Å². The second kappa shape index (κ2) is 5.56. The monoisotopic (exact) mass is 341 g/mol. The summed E-state index contributed by atoms with van der Waals surface area (Å²) in [6.45, 7) is 1.98. The topological polar surface area (TPSA) is 72.2 Å². The molecule has 0 aliphatic carbocycles. The van der Waals surface area contributed by atoms with E-state index in [2.05, 4.69) is 20.4 Å². The lowest BCUT2D eigenvalue weighted by Crippen LogP contribution is -2.12. The van der Waals surface area contributed by atoms with Gasteiger partial charge in [0.25, 0.3) is 5.56 Å². The second-order valence-electron chi connectivity index (χ2n) is 4.88. The fourth-order valence-electron chi connectivity index (χ4n) is 2.13. The number of benzene rings is 1. The van der Waals surface area contributed by atoms with Crippen LogP contribution in [0.2, 0.25) is 0 Å². The summed E-state index contributed by atoms with van der Waals surface area (Å²) in [4.78, 5) is 20.9. The van der Waals surface area contributed by atoms with Crippen molar-refractivity contribution in [1.29, 1.82) is 0 Å². The first-order valence-electron chi connectivity index (χ1n) is 6.83. The van der Waals surface area contributed by atoms with Gasteiger partial charge in [-0.2, -0.15) is 4.52 Å². The highest BCUT2D eigenvalue weighted by Gasteiger charge is 2.08. The van der Waals surface area contributed by atoms with Gasteiger partial charge in [-0.05, 0) is 19.1 Å². The van der Waals surface area contributed by atoms with E-state index in [-0.39, 0.29) is 5.56 Å². The number of anilines is 2. The molecule has 0 unspecified atom stereocenters. The van der Waals surface area contributed by atoms with Gasteiger partial charge in [0.15, 0.2) is 0 Å². The molecule has 0 fully saturated rings. The van der Waals surface area contributed by atoms with Gasteiger partial charge in [-0.3, -0.25) is 4.79 Å². The molecule has 23 heavy (non-hydrogen) atoms. The molecule has 1 aromatic carbocycles. The first-order chi connectivity index (χ1) is 11.2. The Bertz CT molecular complexity index is 1050. The van der Waals surface area contributed by atoms with Gasteiger partial charge in [0, 0.05) is 34.6 Å². The van der Waals surface area contributed by atoms with Crippen LogP contribution in [-0.4, -0.2) is 19.6 Å². The molecule has 0 aliphatic rings. The summed E-state index contributed by atoms with van der Waals surface area (Å²) in [5.41, 5.74) is 2.76. The van der Waals surface area contributed by atoms with Gasteiger partial charge in [-0.15, -0.1) is 16.4 Å². The average molecular weight is 341 g/mol. The third kappa shape index (κ3) is 2.73. The minimum absolute atomic E-state index is 0.189. The highest BCUT2D eigenvalue weighted by molar-refractivity contribution is 7.20. The number of thiazole rings is 1. The number of rotatable bonds is 3. The van der Waals surface area contributed by atoms with E-state index in [1.165, 1.54) is 28.1 Å². The zero-order valence-electron chi connectivity index (χ0n) is 12.1. The quantitative estimate of drug-likeness (QED) is 0.619. The van der Waals surface area contributed by atoms with Crippen molar-refractivity contribution in [1.82, 2.24) is 19.6 Å². The van der Waals surface area contributed by atoms with Crippen LogP contribution in [0.5, 0.6) is 0 Å². The zero-order valence-corrected chi connectivity index (χ0v) is 13.7. The van der Waals surface area contributed by atoms with Crippen molar-refractivity contribution in [3.8, 4) is 10.6 Å². The van der Waals surface area contributed by atoms with E-state index in [0.29, 0.717) is 10.1 Å². The number of nitrogens with one attached hydrogen (secondary N) is 1. The number of nitrogens with zero attached hydrogens (tertiary/aromatic N) is 4. The van der Waals surface area contributed by atoms with Gasteiger partial charge in [-0.1, -0.05) is 23.5 Å². The molecule has 6 nitrogen and oxygen atoms in total. The maximum atomic E-state index is 11.7. The second-order valence-corrected chi connectivity index (χ2v) is 6.70. The van der Waals surface area contributed by atoms with E-state index in [1.807, 2.05) is 36.6 Å². The Kier molecular flexibility index (Phi) is 3.40. The zero-order chi connectivity index (χ0) is 15.8. The lowest BCUT2D eigenvalue weighted by Gasteiger charge is -2.03. The summed E-state index contributed by atoms with van der Waals surface area (Å²) < 4.78 is 1.29. The predicted octanol–water partition coefficient (Wildman–Crippen LogP) is 3.33. The first kappa shape index (κ1) is 14.0. The number of fused-ring (bicyclic) bond motifs is 1. The van der Waals surface area contributed by atoms with Gasteiger partial charge < -0.3 is 5.32 Å². The van der Waals surface area contributed by atoms with Crippen LogP contribution in [0.1, 0.15) is 5.69 Å². The Morgan fingerprint density at radius 1 is 1.26 bits per heavy atom. The molecule has 0 aliphatic heterocycles. The van der Waals surface area contributed by atoms with Crippen LogP contribution in [0.15, 0.2) is 46.7 Å². The summed E-state index contributed by atoms with van der Waals surface area (Å²) in [6.07, 6.45) is 1.49. The normalized spacial score (nSPS) is 11.0. The molecule has 4 aromatic rings. The van der Waals surface area contributed by atoms with Gasteiger partial charge in [-0.25, -0.2) is 9.97 Å². The first-order valence-corrected chi connectivity index (χ1v) is 8.53. The molecule has 1 N–H and O–H groups in total. The van der Waals surface area contributed by atoms with Crippen LogP contribution >= 0.6 is 22.7 Å². The lowest BCUT2D eigenvalue weighted by molar-refractivity contribution is 0.903. The maximum absolute atomic E-state index is 11.7. The minimum atomic E-state index is -0.189. The van der Waals surface area contributed by atoms with Crippen LogP contribution in [0, 0.1) is 6.92 Å². The summed E-state index contributed by atoms with van der Waals surface area (Å²) in [5.74, 6) is 0. The van der Waals surface area contributed by atoms with E-state index >= 15 is 0 Å². The molecule has 8 heteroatoms. The summed E-state index contributed by atoms with van der Waals surface area (Å²) in [5, 5.41) is 11.1. The van der Waals surface area contributed by atoms with Crippen molar-refractivity contribution in [2.24, 2.45) is 0 Å². The molecule has 0 atom stereocenters. The summed E-state index contributed by atoms with van der Waals surface area (Å²) in [7, 11) is 0. The molecule has 0 saturated carbocycles. The molecule has 4 rings (SSSR count). The van der Waals surface area contributed by atoms with Crippen molar-refractivity contribution in [3.05, 3.63) is 58.0 Å². The molecule has 0 bridgehead atoms. The molecule has 0 saturated heterocycles.